The summed E-state index contributed by atoms with van der Waals surface area (Å²) in [6, 6.07) is 22.1. The number of amides is 1. The number of nitriles is 1. The van der Waals surface area contributed by atoms with Crippen LogP contribution in [0.3, 0.4) is 0 Å². The minimum Gasteiger partial charge on any atom is -0.342 e. The van der Waals surface area contributed by atoms with Crippen LogP contribution in [-0.2, 0) is 11.3 Å². The van der Waals surface area contributed by atoms with Gasteiger partial charge in [0.2, 0.25) is 0 Å². The van der Waals surface area contributed by atoms with Gasteiger partial charge in [-0.3, -0.25) is 4.79 Å². The second kappa shape index (κ2) is 9.50. The Morgan fingerprint density at radius 3 is 2.56 bits per heavy atom. The highest BCUT2D eigenvalue weighted by atomic mass is 35.5. The van der Waals surface area contributed by atoms with E-state index in [9.17, 15) is 10.1 Å². The zero-order valence-electron chi connectivity index (χ0n) is 16.6. The number of para-hydroxylation sites is 1. The van der Waals surface area contributed by atoms with Crippen LogP contribution in [0.25, 0.3) is 17.0 Å². The SMILES string of the molecule is N#C/C(=C\c1cn(Cc2ccc(Cl)c(Cl)c2)c2ccccc12)C(=O)Nc1cccc(Cl)c1. The molecule has 0 spiro atoms. The van der Waals surface area contributed by atoms with E-state index in [1.165, 1.54) is 0 Å². The van der Waals surface area contributed by atoms with Gasteiger partial charge in [-0.2, -0.15) is 5.26 Å². The molecule has 0 bridgehead atoms. The molecule has 1 heterocycles. The Balaban J connectivity index is 1.68. The van der Waals surface area contributed by atoms with Crippen molar-refractivity contribution in [3.8, 4) is 6.07 Å². The third-order valence-electron chi connectivity index (χ3n) is 4.90. The number of rotatable bonds is 5. The van der Waals surface area contributed by atoms with Crippen LogP contribution in [0.4, 0.5) is 5.69 Å². The summed E-state index contributed by atoms with van der Waals surface area (Å²) in [5.74, 6) is -0.504. The van der Waals surface area contributed by atoms with E-state index in [2.05, 4.69) is 5.32 Å². The van der Waals surface area contributed by atoms with Gasteiger partial charge in [-0.15, -0.1) is 0 Å². The molecule has 4 rings (SSSR count). The maximum Gasteiger partial charge on any atom is 0.266 e. The number of carbonyl (C=O) groups is 1. The Kier molecular flexibility index (Phi) is 6.53. The lowest BCUT2D eigenvalue weighted by atomic mass is 10.1. The van der Waals surface area contributed by atoms with E-state index in [-0.39, 0.29) is 5.57 Å². The van der Waals surface area contributed by atoms with Crippen molar-refractivity contribution in [3.05, 3.63) is 105 Å². The molecule has 0 unspecified atom stereocenters. The molecule has 0 fully saturated rings. The fourth-order valence-corrected chi connectivity index (χ4v) is 3.94. The van der Waals surface area contributed by atoms with Gasteiger partial charge in [0.1, 0.15) is 11.6 Å². The summed E-state index contributed by atoms with van der Waals surface area (Å²) in [4.78, 5) is 12.7. The van der Waals surface area contributed by atoms with Crippen LogP contribution < -0.4 is 5.32 Å². The Morgan fingerprint density at radius 2 is 1.81 bits per heavy atom. The monoisotopic (exact) mass is 479 g/mol. The number of nitrogens with zero attached hydrogens (tertiary/aromatic N) is 2. The number of hydrogen-bond donors (Lipinski definition) is 1. The van der Waals surface area contributed by atoms with E-state index in [1.807, 2.05) is 53.2 Å². The van der Waals surface area contributed by atoms with Gasteiger partial charge in [0.15, 0.2) is 0 Å². The molecule has 0 aliphatic carbocycles. The van der Waals surface area contributed by atoms with Gasteiger partial charge in [-0.05, 0) is 48.0 Å². The number of halogens is 3. The Bertz CT molecular complexity index is 1400. The highest BCUT2D eigenvalue weighted by molar-refractivity contribution is 6.42. The maximum atomic E-state index is 12.7. The molecule has 0 aliphatic rings. The summed E-state index contributed by atoms with van der Waals surface area (Å²) in [6.07, 6.45) is 3.50. The smallest absolute Gasteiger partial charge is 0.266 e. The van der Waals surface area contributed by atoms with E-state index in [1.54, 1.807) is 36.4 Å². The average Bonchev–Trinajstić information content (AvgIpc) is 3.12. The standard InChI is InChI=1S/C25H16Cl3N3O/c26-19-4-3-5-20(12-19)30-25(32)17(13-29)11-18-15-31(24-7-2-1-6-21(18)24)14-16-8-9-22(27)23(28)10-16/h1-12,15H,14H2,(H,30,32)/b17-11+. The van der Waals surface area contributed by atoms with Crippen molar-refractivity contribution in [2.75, 3.05) is 5.32 Å². The summed E-state index contributed by atoms with van der Waals surface area (Å²) in [5.41, 5.74) is 3.22. The molecule has 0 atom stereocenters. The van der Waals surface area contributed by atoms with E-state index in [0.29, 0.717) is 27.3 Å². The van der Waals surface area contributed by atoms with Crippen molar-refractivity contribution in [3.63, 3.8) is 0 Å². The number of benzene rings is 3. The quantitative estimate of drug-likeness (QED) is 0.243. The molecule has 0 saturated carbocycles. The summed E-state index contributed by atoms with van der Waals surface area (Å²) < 4.78 is 2.05. The molecule has 1 aromatic heterocycles. The molecule has 0 aliphatic heterocycles. The van der Waals surface area contributed by atoms with Gasteiger partial charge >= 0.3 is 0 Å². The van der Waals surface area contributed by atoms with Gasteiger partial charge in [-0.25, -0.2) is 0 Å². The molecular formula is C25H16Cl3N3O. The van der Waals surface area contributed by atoms with Crippen LogP contribution >= 0.6 is 34.8 Å². The van der Waals surface area contributed by atoms with Gasteiger partial charge in [0, 0.05) is 39.9 Å². The zero-order valence-corrected chi connectivity index (χ0v) is 18.9. The number of fused-ring (bicyclic) bond motifs is 1. The first kappa shape index (κ1) is 22.0. The lowest BCUT2D eigenvalue weighted by molar-refractivity contribution is -0.112. The Morgan fingerprint density at radius 1 is 1.00 bits per heavy atom. The normalized spacial score (nSPS) is 11.4. The highest BCUT2D eigenvalue weighted by Crippen LogP contribution is 2.27. The fourth-order valence-electron chi connectivity index (χ4n) is 3.42. The molecule has 158 valence electrons. The van der Waals surface area contributed by atoms with Crippen LogP contribution in [-0.4, -0.2) is 10.5 Å². The van der Waals surface area contributed by atoms with Crippen molar-refractivity contribution in [1.29, 1.82) is 5.26 Å². The summed E-state index contributed by atoms with van der Waals surface area (Å²) >= 11 is 18.2. The van der Waals surface area contributed by atoms with E-state index in [4.69, 9.17) is 34.8 Å². The average molecular weight is 481 g/mol. The molecular weight excluding hydrogens is 465 g/mol. The first-order valence-electron chi connectivity index (χ1n) is 9.65. The molecule has 0 radical (unpaired) electrons. The van der Waals surface area contributed by atoms with Crippen LogP contribution in [0.2, 0.25) is 15.1 Å². The number of anilines is 1. The lowest BCUT2D eigenvalue weighted by Gasteiger charge is -2.06. The second-order valence-electron chi connectivity index (χ2n) is 7.11. The number of aromatic nitrogens is 1. The van der Waals surface area contributed by atoms with Crippen LogP contribution in [0.5, 0.6) is 0 Å². The molecule has 0 saturated heterocycles. The molecule has 4 aromatic rings. The van der Waals surface area contributed by atoms with Crippen LogP contribution in [0, 0.1) is 11.3 Å². The summed E-state index contributed by atoms with van der Waals surface area (Å²) in [5, 5.41) is 14.7. The number of carbonyl (C=O) groups excluding carboxylic acids is 1. The molecule has 7 heteroatoms. The highest BCUT2D eigenvalue weighted by Gasteiger charge is 2.13. The Hall–Kier alpha value is -3.23. The van der Waals surface area contributed by atoms with Crippen LogP contribution in [0.1, 0.15) is 11.1 Å². The number of hydrogen-bond acceptors (Lipinski definition) is 2. The van der Waals surface area contributed by atoms with Crippen molar-refractivity contribution in [1.82, 2.24) is 4.57 Å². The van der Waals surface area contributed by atoms with Crippen molar-refractivity contribution < 1.29 is 4.79 Å². The van der Waals surface area contributed by atoms with E-state index in [0.717, 1.165) is 22.0 Å². The third-order valence-corrected chi connectivity index (χ3v) is 5.88. The first-order chi connectivity index (χ1) is 15.4. The Labute approximate surface area is 200 Å². The van der Waals surface area contributed by atoms with Gasteiger partial charge in [0.25, 0.3) is 5.91 Å². The maximum absolute atomic E-state index is 12.7. The van der Waals surface area contributed by atoms with E-state index >= 15 is 0 Å². The first-order valence-corrected chi connectivity index (χ1v) is 10.8. The van der Waals surface area contributed by atoms with Gasteiger partial charge < -0.3 is 9.88 Å². The fraction of sp³-hybridized carbons (Fsp3) is 0.0400. The van der Waals surface area contributed by atoms with Crippen molar-refractivity contribution >= 4 is 63.4 Å². The molecule has 1 N–H and O–H groups in total. The van der Waals surface area contributed by atoms with Gasteiger partial charge in [0.05, 0.1) is 10.0 Å². The van der Waals surface area contributed by atoms with Crippen LogP contribution in [0.15, 0.2) is 78.5 Å². The summed E-state index contributed by atoms with van der Waals surface area (Å²) in [7, 11) is 0. The molecule has 3 aromatic carbocycles. The molecule has 32 heavy (non-hydrogen) atoms. The summed E-state index contributed by atoms with van der Waals surface area (Å²) in [6.45, 7) is 0.557. The minimum atomic E-state index is -0.504. The molecule has 4 nitrogen and oxygen atoms in total. The largest absolute Gasteiger partial charge is 0.342 e. The van der Waals surface area contributed by atoms with Crippen molar-refractivity contribution in [2.45, 2.75) is 6.54 Å². The predicted molar refractivity (Wildman–Crippen MR) is 131 cm³/mol. The zero-order chi connectivity index (χ0) is 22.7. The number of nitrogens with one attached hydrogen (secondary N) is 1. The predicted octanol–water partition coefficient (Wildman–Crippen LogP) is 7.20. The molecule has 1 amide bonds. The lowest BCUT2D eigenvalue weighted by Crippen LogP contribution is -2.13. The third kappa shape index (κ3) is 4.81. The van der Waals surface area contributed by atoms with E-state index < -0.39 is 5.91 Å². The van der Waals surface area contributed by atoms with Crippen molar-refractivity contribution in [2.24, 2.45) is 0 Å². The second-order valence-corrected chi connectivity index (χ2v) is 8.36. The topological polar surface area (TPSA) is 57.8 Å². The van der Waals surface area contributed by atoms with Gasteiger partial charge in [-0.1, -0.05) is 65.1 Å². The minimum absolute atomic E-state index is 0.0117.